The van der Waals surface area contributed by atoms with Crippen molar-refractivity contribution in [2.24, 2.45) is 0 Å². The summed E-state index contributed by atoms with van der Waals surface area (Å²) in [6.45, 7) is 0.276. The highest BCUT2D eigenvalue weighted by atomic mass is 32.1. The molecule has 4 aromatic rings. The van der Waals surface area contributed by atoms with Gasteiger partial charge in [-0.15, -0.1) is 0 Å². The zero-order chi connectivity index (χ0) is 18.8. The van der Waals surface area contributed by atoms with Crippen LogP contribution in [0.5, 0.6) is 0 Å². The molecule has 0 radical (unpaired) electrons. The third kappa shape index (κ3) is 3.57. The molecule has 0 aliphatic rings. The number of carbonyl (C=O) groups is 1. The van der Waals surface area contributed by atoms with Gasteiger partial charge in [-0.25, -0.2) is 13.8 Å². The van der Waals surface area contributed by atoms with E-state index < -0.39 is 17.5 Å². The highest BCUT2D eigenvalue weighted by Gasteiger charge is 2.22. The van der Waals surface area contributed by atoms with Crippen molar-refractivity contribution in [3.8, 4) is 0 Å². The van der Waals surface area contributed by atoms with Gasteiger partial charge in [0.2, 0.25) is 0 Å². The molecule has 3 aromatic carbocycles. The fourth-order valence-corrected chi connectivity index (χ4v) is 3.72. The summed E-state index contributed by atoms with van der Waals surface area (Å²) in [6.07, 6.45) is 0. The van der Waals surface area contributed by atoms with E-state index in [0.717, 1.165) is 27.9 Å². The SMILES string of the molecule is O=C(c1ccc(F)c(F)c1)N(Cc1ccccc1)c1nc2ccccc2s1. The van der Waals surface area contributed by atoms with Gasteiger partial charge in [0.05, 0.1) is 16.8 Å². The molecule has 134 valence electrons. The molecule has 0 saturated carbocycles. The standard InChI is InChI=1S/C21H14F2N2OS/c22-16-11-10-15(12-17(16)23)20(26)25(13-14-6-2-1-3-7-14)21-24-18-8-4-5-9-19(18)27-21/h1-12H,13H2. The molecule has 4 rings (SSSR count). The molecule has 0 saturated heterocycles. The summed E-state index contributed by atoms with van der Waals surface area (Å²) in [7, 11) is 0. The van der Waals surface area contributed by atoms with Crippen LogP contribution in [0.2, 0.25) is 0 Å². The number of halogens is 2. The van der Waals surface area contributed by atoms with Gasteiger partial charge in [-0.1, -0.05) is 53.8 Å². The van der Waals surface area contributed by atoms with E-state index in [0.29, 0.717) is 5.13 Å². The first-order valence-electron chi connectivity index (χ1n) is 8.28. The molecular formula is C21H14F2N2OS. The number of amides is 1. The first-order valence-corrected chi connectivity index (χ1v) is 9.10. The Bertz CT molecular complexity index is 1080. The Hall–Kier alpha value is -3.12. The van der Waals surface area contributed by atoms with Crippen LogP contribution in [0.4, 0.5) is 13.9 Å². The van der Waals surface area contributed by atoms with E-state index in [1.807, 2.05) is 54.6 Å². The summed E-state index contributed by atoms with van der Waals surface area (Å²) in [6, 6.07) is 20.2. The van der Waals surface area contributed by atoms with Gasteiger partial charge in [-0.3, -0.25) is 9.69 Å². The number of hydrogen-bond acceptors (Lipinski definition) is 3. The normalized spacial score (nSPS) is 10.9. The molecule has 3 nitrogen and oxygen atoms in total. The second-order valence-corrected chi connectivity index (χ2v) is 6.98. The van der Waals surface area contributed by atoms with Gasteiger partial charge in [0.25, 0.3) is 5.91 Å². The van der Waals surface area contributed by atoms with Gasteiger partial charge < -0.3 is 0 Å². The largest absolute Gasteiger partial charge is 0.279 e. The number of carbonyl (C=O) groups excluding carboxylic acids is 1. The third-order valence-electron chi connectivity index (χ3n) is 4.11. The van der Waals surface area contributed by atoms with E-state index in [2.05, 4.69) is 4.98 Å². The van der Waals surface area contributed by atoms with Gasteiger partial charge in [0, 0.05) is 5.56 Å². The van der Waals surface area contributed by atoms with E-state index in [1.54, 1.807) is 0 Å². The fourth-order valence-electron chi connectivity index (χ4n) is 2.75. The lowest BCUT2D eigenvalue weighted by atomic mass is 10.1. The van der Waals surface area contributed by atoms with Crippen LogP contribution in [0.1, 0.15) is 15.9 Å². The van der Waals surface area contributed by atoms with Gasteiger partial charge in [0.1, 0.15) is 0 Å². The Morgan fingerprint density at radius 1 is 0.926 bits per heavy atom. The van der Waals surface area contributed by atoms with Gasteiger partial charge in [-0.05, 0) is 35.9 Å². The van der Waals surface area contributed by atoms with E-state index in [-0.39, 0.29) is 12.1 Å². The molecular weight excluding hydrogens is 366 g/mol. The van der Waals surface area contributed by atoms with Crippen LogP contribution < -0.4 is 4.90 Å². The predicted octanol–water partition coefficient (Wildman–Crippen LogP) is 5.42. The zero-order valence-corrected chi connectivity index (χ0v) is 14.9. The number of fused-ring (bicyclic) bond motifs is 1. The van der Waals surface area contributed by atoms with E-state index in [9.17, 15) is 13.6 Å². The first kappa shape index (κ1) is 17.3. The Kier molecular flexibility index (Phi) is 4.64. The number of hydrogen-bond donors (Lipinski definition) is 0. The summed E-state index contributed by atoms with van der Waals surface area (Å²) in [5.74, 6) is -2.47. The zero-order valence-electron chi connectivity index (χ0n) is 14.1. The minimum absolute atomic E-state index is 0.0732. The Balaban J connectivity index is 1.77. The minimum Gasteiger partial charge on any atom is -0.279 e. The molecule has 0 N–H and O–H groups in total. The molecule has 0 aliphatic carbocycles. The average Bonchev–Trinajstić information content (AvgIpc) is 3.12. The molecule has 1 amide bonds. The van der Waals surface area contributed by atoms with Gasteiger partial charge in [0.15, 0.2) is 16.8 Å². The Labute approximate surface area is 158 Å². The maximum atomic E-state index is 13.6. The van der Waals surface area contributed by atoms with Gasteiger partial charge >= 0.3 is 0 Å². The minimum atomic E-state index is -1.05. The maximum Gasteiger partial charge on any atom is 0.260 e. The Morgan fingerprint density at radius 2 is 1.67 bits per heavy atom. The summed E-state index contributed by atoms with van der Waals surface area (Å²) in [4.78, 5) is 19.1. The number of aromatic nitrogens is 1. The van der Waals surface area contributed by atoms with Crippen molar-refractivity contribution < 1.29 is 13.6 Å². The summed E-state index contributed by atoms with van der Waals surface area (Å²) >= 11 is 1.38. The van der Waals surface area contributed by atoms with Crippen LogP contribution in [0.15, 0.2) is 72.8 Å². The molecule has 0 fully saturated rings. The van der Waals surface area contributed by atoms with Crippen LogP contribution in [-0.2, 0) is 6.54 Å². The van der Waals surface area contributed by atoms with E-state index >= 15 is 0 Å². The van der Waals surface area contributed by atoms with Crippen molar-refractivity contribution in [3.63, 3.8) is 0 Å². The van der Waals surface area contributed by atoms with Crippen LogP contribution in [-0.4, -0.2) is 10.9 Å². The van der Waals surface area contributed by atoms with Crippen molar-refractivity contribution in [2.45, 2.75) is 6.54 Å². The van der Waals surface area contributed by atoms with E-state index in [1.165, 1.54) is 22.3 Å². The number of anilines is 1. The maximum absolute atomic E-state index is 13.6. The molecule has 1 heterocycles. The topological polar surface area (TPSA) is 33.2 Å². The van der Waals surface area contributed by atoms with Gasteiger partial charge in [-0.2, -0.15) is 0 Å². The van der Waals surface area contributed by atoms with Crippen molar-refractivity contribution in [3.05, 3.63) is 95.6 Å². The highest BCUT2D eigenvalue weighted by molar-refractivity contribution is 7.22. The second kappa shape index (κ2) is 7.25. The first-order chi connectivity index (χ1) is 13.1. The number of rotatable bonds is 4. The molecule has 1 aromatic heterocycles. The van der Waals surface area contributed by atoms with Crippen LogP contribution in [0.25, 0.3) is 10.2 Å². The number of para-hydroxylation sites is 1. The fraction of sp³-hybridized carbons (Fsp3) is 0.0476. The molecule has 0 unspecified atom stereocenters. The van der Waals surface area contributed by atoms with Crippen molar-refractivity contribution in [1.82, 2.24) is 4.98 Å². The van der Waals surface area contributed by atoms with Crippen LogP contribution >= 0.6 is 11.3 Å². The summed E-state index contributed by atoms with van der Waals surface area (Å²) in [5.41, 5.74) is 1.77. The lowest BCUT2D eigenvalue weighted by molar-refractivity contribution is 0.0984. The molecule has 0 atom stereocenters. The lowest BCUT2D eigenvalue weighted by Gasteiger charge is -2.20. The molecule has 0 bridgehead atoms. The molecule has 27 heavy (non-hydrogen) atoms. The monoisotopic (exact) mass is 380 g/mol. The number of nitrogens with zero attached hydrogens (tertiary/aromatic N) is 2. The smallest absolute Gasteiger partial charge is 0.260 e. The highest BCUT2D eigenvalue weighted by Crippen LogP contribution is 2.30. The van der Waals surface area contributed by atoms with Crippen LogP contribution in [0, 0.1) is 11.6 Å². The third-order valence-corrected chi connectivity index (χ3v) is 5.17. The number of thiazole rings is 1. The number of benzene rings is 3. The quantitative estimate of drug-likeness (QED) is 0.474. The van der Waals surface area contributed by atoms with Crippen molar-refractivity contribution >= 4 is 32.6 Å². The summed E-state index contributed by atoms with van der Waals surface area (Å²) < 4.78 is 27.9. The molecule has 0 aliphatic heterocycles. The van der Waals surface area contributed by atoms with E-state index in [4.69, 9.17) is 0 Å². The predicted molar refractivity (Wildman–Crippen MR) is 103 cm³/mol. The second-order valence-electron chi connectivity index (χ2n) is 5.97. The van der Waals surface area contributed by atoms with Crippen molar-refractivity contribution in [1.29, 1.82) is 0 Å². The Morgan fingerprint density at radius 3 is 2.41 bits per heavy atom. The molecule has 6 heteroatoms. The molecule has 0 spiro atoms. The lowest BCUT2D eigenvalue weighted by Crippen LogP contribution is -2.30. The van der Waals surface area contributed by atoms with Crippen molar-refractivity contribution in [2.75, 3.05) is 4.90 Å². The average molecular weight is 380 g/mol. The summed E-state index contributed by atoms with van der Waals surface area (Å²) in [5, 5.41) is 0.509. The van der Waals surface area contributed by atoms with Crippen LogP contribution in [0.3, 0.4) is 0 Å².